The van der Waals surface area contributed by atoms with E-state index >= 15 is 0 Å². The van der Waals surface area contributed by atoms with Gasteiger partial charge in [-0.05, 0) is 65.4 Å². The van der Waals surface area contributed by atoms with Crippen LogP contribution in [0.15, 0.2) is 12.1 Å². The van der Waals surface area contributed by atoms with Gasteiger partial charge in [0, 0.05) is 17.8 Å². The number of hydrogen-bond donors (Lipinski definition) is 0. The summed E-state index contributed by atoms with van der Waals surface area (Å²) in [5.41, 5.74) is 2.53. The van der Waals surface area contributed by atoms with Crippen molar-refractivity contribution in [1.29, 1.82) is 0 Å². The maximum atomic E-state index is 5.56. The van der Waals surface area contributed by atoms with Gasteiger partial charge in [0.15, 0.2) is 0 Å². The summed E-state index contributed by atoms with van der Waals surface area (Å²) < 4.78 is 12.4. The maximum absolute atomic E-state index is 5.56. The first-order valence-electron chi connectivity index (χ1n) is 4.82. The highest BCUT2D eigenvalue weighted by Gasteiger charge is 2.33. The van der Waals surface area contributed by atoms with Gasteiger partial charge in [-0.1, -0.05) is 6.07 Å². The molecule has 1 aromatic rings. The van der Waals surface area contributed by atoms with E-state index in [0.717, 1.165) is 0 Å². The molecule has 0 saturated carbocycles. The number of halogens is 1. The summed E-state index contributed by atoms with van der Waals surface area (Å²) in [4.78, 5) is 0. The van der Waals surface area contributed by atoms with Gasteiger partial charge < -0.3 is 8.85 Å². The van der Waals surface area contributed by atoms with Crippen molar-refractivity contribution in [1.82, 2.24) is 0 Å². The highest BCUT2D eigenvalue weighted by molar-refractivity contribution is 14.1. The van der Waals surface area contributed by atoms with E-state index in [-0.39, 0.29) is 0 Å². The fourth-order valence-corrected chi connectivity index (χ4v) is 4.07. The fourth-order valence-electron chi connectivity index (χ4n) is 1.57. The Bertz CT molecular complexity index is 362. The molecule has 4 heteroatoms. The van der Waals surface area contributed by atoms with Crippen LogP contribution in [0.1, 0.15) is 11.1 Å². The first-order chi connectivity index (χ1) is 6.94. The summed E-state index contributed by atoms with van der Waals surface area (Å²) in [6, 6.07) is 4.38. The fraction of sp³-hybridized carbons (Fsp3) is 0.455. The summed E-state index contributed by atoms with van der Waals surface area (Å²) in [6.45, 7) is 6.30. The molecular weight excluding hydrogens is 319 g/mol. The highest BCUT2D eigenvalue weighted by Crippen LogP contribution is 2.16. The topological polar surface area (TPSA) is 18.5 Å². The van der Waals surface area contributed by atoms with E-state index in [1.54, 1.807) is 14.2 Å². The van der Waals surface area contributed by atoms with Gasteiger partial charge in [-0.3, -0.25) is 0 Å². The Kier molecular flexibility index (Phi) is 4.34. The molecule has 0 saturated heterocycles. The molecular formula is C11H17IO2Si. The molecule has 0 bridgehead atoms. The Balaban J connectivity index is 3.30. The SMILES string of the molecule is CO[Si](C)(OC)c1cc(C)c(I)cc1C. The van der Waals surface area contributed by atoms with Crippen LogP contribution >= 0.6 is 22.6 Å². The lowest BCUT2D eigenvalue weighted by molar-refractivity contribution is 0.265. The van der Waals surface area contributed by atoms with E-state index in [4.69, 9.17) is 8.85 Å². The van der Waals surface area contributed by atoms with Crippen LogP contribution in [-0.2, 0) is 8.85 Å². The first-order valence-corrected chi connectivity index (χ1v) is 8.21. The lowest BCUT2D eigenvalue weighted by atomic mass is 10.2. The molecule has 0 aliphatic carbocycles. The van der Waals surface area contributed by atoms with Crippen molar-refractivity contribution in [2.75, 3.05) is 14.2 Å². The quantitative estimate of drug-likeness (QED) is 0.624. The molecule has 0 spiro atoms. The van der Waals surface area contributed by atoms with E-state index in [1.165, 1.54) is 19.9 Å². The van der Waals surface area contributed by atoms with Crippen LogP contribution in [0.3, 0.4) is 0 Å². The highest BCUT2D eigenvalue weighted by atomic mass is 127. The normalized spacial score (nSPS) is 11.9. The molecule has 1 rings (SSSR count). The minimum Gasteiger partial charge on any atom is -0.394 e. The third kappa shape index (κ3) is 2.61. The van der Waals surface area contributed by atoms with Gasteiger partial charge in [0.1, 0.15) is 0 Å². The Labute approximate surface area is 106 Å². The van der Waals surface area contributed by atoms with E-state index in [0.29, 0.717) is 0 Å². The second kappa shape index (κ2) is 4.95. The molecule has 0 radical (unpaired) electrons. The van der Waals surface area contributed by atoms with Crippen LogP contribution in [0.5, 0.6) is 0 Å². The Morgan fingerprint density at radius 1 is 1.07 bits per heavy atom. The summed E-state index contributed by atoms with van der Waals surface area (Å²) in [5.74, 6) is 0. The van der Waals surface area contributed by atoms with Crippen LogP contribution in [0.25, 0.3) is 0 Å². The second-order valence-electron chi connectivity index (χ2n) is 3.77. The Morgan fingerprint density at radius 2 is 1.60 bits per heavy atom. The molecule has 84 valence electrons. The van der Waals surface area contributed by atoms with Gasteiger partial charge in [-0.25, -0.2) is 0 Å². The van der Waals surface area contributed by atoms with Crippen molar-refractivity contribution in [3.63, 3.8) is 0 Å². The zero-order valence-corrected chi connectivity index (χ0v) is 13.0. The molecule has 0 amide bonds. The lowest BCUT2D eigenvalue weighted by Gasteiger charge is -2.25. The predicted molar refractivity (Wildman–Crippen MR) is 73.9 cm³/mol. The van der Waals surface area contributed by atoms with Crippen LogP contribution in [-0.4, -0.2) is 22.8 Å². The third-order valence-corrected chi connectivity index (χ3v) is 7.01. The van der Waals surface area contributed by atoms with Gasteiger partial charge in [0.05, 0.1) is 0 Å². The molecule has 0 heterocycles. The van der Waals surface area contributed by atoms with Crippen molar-refractivity contribution in [2.24, 2.45) is 0 Å². The van der Waals surface area contributed by atoms with Crippen LogP contribution in [0.4, 0.5) is 0 Å². The monoisotopic (exact) mass is 336 g/mol. The van der Waals surface area contributed by atoms with Gasteiger partial charge in [-0.2, -0.15) is 0 Å². The molecule has 15 heavy (non-hydrogen) atoms. The minimum absolute atomic E-state index is 1.23. The van der Waals surface area contributed by atoms with Crippen LogP contribution in [0, 0.1) is 17.4 Å². The average Bonchev–Trinajstić information content (AvgIpc) is 2.22. The lowest BCUT2D eigenvalue weighted by Crippen LogP contribution is -2.50. The molecule has 2 nitrogen and oxygen atoms in total. The summed E-state index contributed by atoms with van der Waals surface area (Å²) in [6.07, 6.45) is 0. The van der Waals surface area contributed by atoms with Crippen molar-refractivity contribution in [2.45, 2.75) is 20.4 Å². The van der Waals surface area contributed by atoms with Gasteiger partial charge >= 0.3 is 8.56 Å². The molecule has 0 aliphatic rings. The third-order valence-electron chi connectivity index (χ3n) is 2.77. The zero-order valence-electron chi connectivity index (χ0n) is 9.85. The maximum Gasteiger partial charge on any atom is 0.369 e. The van der Waals surface area contributed by atoms with Crippen molar-refractivity contribution >= 4 is 36.3 Å². The van der Waals surface area contributed by atoms with E-state index in [2.05, 4.69) is 55.1 Å². The molecule has 0 unspecified atom stereocenters. The summed E-state index contributed by atoms with van der Waals surface area (Å²) >= 11 is 2.35. The van der Waals surface area contributed by atoms with E-state index in [9.17, 15) is 0 Å². The number of benzene rings is 1. The van der Waals surface area contributed by atoms with E-state index in [1.807, 2.05) is 0 Å². The van der Waals surface area contributed by atoms with Crippen LogP contribution < -0.4 is 5.19 Å². The van der Waals surface area contributed by atoms with Crippen LogP contribution in [0.2, 0.25) is 6.55 Å². The smallest absolute Gasteiger partial charge is 0.369 e. The molecule has 0 N–H and O–H groups in total. The van der Waals surface area contributed by atoms with Crippen molar-refractivity contribution in [3.05, 3.63) is 26.8 Å². The minimum atomic E-state index is -2.18. The molecule has 0 fully saturated rings. The van der Waals surface area contributed by atoms with E-state index < -0.39 is 8.56 Å². The predicted octanol–water partition coefficient (Wildman–Crippen LogP) is 2.48. The largest absolute Gasteiger partial charge is 0.394 e. The molecule has 0 atom stereocenters. The van der Waals surface area contributed by atoms with Gasteiger partial charge in [0.25, 0.3) is 0 Å². The summed E-state index contributed by atoms with van der Waals surface area (Å²) in [5, 5.41) is 1.23. The molecule has 0 aromatic heterocycles. The van der Waals surface area contributed by atoms with Gasteiger partial charge in [0.2, 0.25) is 0 Å². The van der Waals surface area contributed by atoms with Gasteiger partial charge in [-0.15, -0.1) is 0 Å². The first kappa shape index (κ1) is 13.2. The number of rotatable bonds is 3. The average molecular weight is 336 g/mol. The van der Waals surface area contributed by atoms with Crippen molar-refractivity contribution < 1.29 is 8.85 Å². The van der Waals surface area contributed by atoms with Crippen molar-refractivity contribution in [3.8, 4) is 0 Å². The Morgan fingerprint density at radius 3 is 2.07 bits per heavy atom. The Hall–Kier alpha value is 0.0869. The standard InChI is InChI=1S/C11H17IO2Si/c1-8-7-11(9(2)6-10(8)12)15(5,13-3)14-4/h6-7H,1-5H3. The molecule has 0 aliphatic heterocycles. The zero-order chi connectivity index (χ0) is 11.6. The second-order valence-corrected chi connectivity index (χ2v) is 8.18. The molecule has 1 aromatic carbocycles. The number of aryl methyl sites for hydroxylation is 2. The summed E-state index contributed by atoms with van der Waals surface area (Å²) in [7, 11) is 1.27. The number of hydrogen-bond acceptors (Lipinski definition) is 2.